The molecule has 2 atom stereocenters. The molecule has 0 bridgehead atoms. The molecule has 0 saturated carbocycles. The van der Waals surface area contributed by atoms with Crippen molar-refractivity contribution in [1.82, 2.24) is 9.29 Å². The van der Waals surface area contributed by atoms with E-state index in [1.165, 1.54) is 3.97 Å². The second kappa shape index (κ2) is 7.54. The average Bonchev–Trinajstić information content (AvgIpc) is 3.14. The predicted molar refractivity (Wildman–Crippen MR) is 111 cm³/mol. The summed E-state index contributed by atoms with van der Waals surface area (Å²) in [5.41, 5.74) is 2.27. The smallest absolute Gasteiger partial charge is 0.268 e. The number of rotatable bonds is 5. The predicted octanol–water partition coefficient (Wildman–Crippen LogP) is 3.47. The summed E-state index contributed by atoms with van der Waals surface area (Å²) in [5, 5.41) is 14.1. The van der Waals surface area contributed by atoms with Crippen molar-refractivity contribution >= 4 is 20.9 Å². The van der Waals surface area contributed by atoms with Crippen LogP contribution in [0.5, 0.6) is 0 Å². The molecule has 6 heteroatoms. The molecular weight excluding hydrogens is 372 g/mol. The van der Waals surface area contributed by atoms with Crippen molar-refractivity contribution in [2.75, 3.05) is 13.2 Å². The van der Waals surface area contributed by atoms with Gasteiger partial charge in [-0.2, -0.15) is 0 Å². The molecule has 1 aromatic heterocycles. The fraction of sp³-hybridized carbons (Fsp3) is 0.273. The maximum atomic E-state index is 13.5. The molecule has 1 aliphatic rings. The van der Waals surface area contributed by atoms with Gasteiger partial charge in [0.1, 0.15) is 0 Å². The summed E-state index contributed by atoms with van der Waals surface area (Å²) in [7, 11) is -3.76. The molecule has 146 valence electrons. The Kier molecular flexibility index (Phi) is 5.10. The molecule has 0 amide bonds. The van der Waals surface area contributed by atoms with Crippen LogP contribution in [-0.4, -0.2) is 30.6 Å². The second-order valence-corrected chi connectivity index (χ2v) is 8.89. The van der Waals surface area contributed by atoms with Gasteiger partial charge in [0.2, 0.25) is 0 Å². The first kappa shape index (κ1) is 18.9. The van der Waals surface area contributed by atoms with Crippen molar-refractivity contribution in [1.29, 1.82) is 0 Å². The van der Waals surface area contributed by atoms with Crippen LogP contribution >= 0.6 is 0 Å². The van der Waals surface area contributed by atoms with Crippen molar-refractivity contribution in [3.05, 3.63) is 78.0 Å². The van der Waals surface area contributed by atoms with Crippen LogP contribution in [-0.2, 0) is 10.0 Å². The van der Waals surface area contributed by atoms with Gasteiger partial charge in [-0.3, -0.25) is 0 Å². The average molecular weight is 397 g/mol. The van der Waals surface area contributed by atoms with Crippen LogP contribution in [0.2, 0.25) is 0 Å². The highest BCUT2D eigenvalue weighted by molar-refractivity contribution is 7.90. The highest BCUT2D eigenvalue weighted by atomic mass is 32.2. The largest absolute Gasteiger partial charge is 0.392 e. The number of nitrogens with one attached hydrogen (secondary N) is 1. The Bertz CT molecular complexity index is 1120. The maximum absolute atomic E-state index is 13.5. The minimum atomic E-state index is -3.76. The summed E-state index contributed by atoms with van der Waals surface area (Å²) < 4.78 is 28.5. The molecule has 0 spiro atoms. The molecule has 2 aromatic carbocycles. The standard InChI is InChI=1S/C22H24N2O3S/c1-2-16-14-23-20(12-18(16)15-25)22-13-17-8-6-7-11-21(17)24(22)28(26,27)19-9-4-3-5-10-19/h3-13,16,20,23,25H,2,14-15H2,1H3/t16-,20+/m1/s1. The Morgan fingerprint density at radius 2 is 1.82 bits per heavy atom. The number of para-hydroxylation sites is 1. The van der Waals surface area contributed by atoms with E-state index in [1.807, 2.05) is 36.4 Å². The molecule has 0 saturated heterocycles. The van der Waals surface area contributed by atoms with Crippen molar-refractivity contribution in [2.24, 2.45) is 5.92 Å². The summed E-state index contributed by atoms with van der Waals surface area (Å²) in [6, 6.07) is 17.6. The van der Waals surface area contributed by atoms with Gasteiger partial charge in [0, 0.05) is 11.9 Å². The first-order valence-corrected chi connectivity index (χ1v) is 11.0. The number of nitrogens with zero attached hydrogens (tertiary/aromatic N) is 1. The van der Waals surface area contributed by atoms with Gasteiger partial charge in [-0.05, 0) is 42.2 Å². The van der Waals surface area contributed by atoms with E-state index in [4.69, 9.17) is 0 Å². The Hall–Kier alpha value is -2.41. The van der Waals surface area contributed by atoms with Crippen molar-refractivity contribution < 1.29 is 13.5 Å². The van der Waals surface area contributed by atoms with Gasteiger partial charge in [0.05, 0.1) is 28.8 Å². The summed E-state index contributed by atoms with van der Waals surface area (Å²) in [5.74, 6) is 0.268. The molecule has 3 aromatic rings. The minimum Gasteiger partial charge on any atom is -0.392 e. The third kappa shape index (κ3) is 3.17. The molecule has 28 heavy (non-hydrogen) atoms. The SMILES string of the molecule is CC[C@@H]1CN[C@H](c2cc3ccccc3n2S(=O)(=O)c2ccccc2)C=C1CO. The number of aromatic nitrogens is 1. The van der Waals surface area contributed by atoms with Gasteiger partial charge in [-0.25, -0.2) is 12.4 Å². The highest BCUT2D eigenvalue weighted by Crippen LogP contribution is 2.33. The monoisotopic (exact) mass is 396 g/mol. The Morgan fingerprint density at radius 3 is 2.54 bits per heavy atom. The first-order chi connectivity index (χ1) is 13.6. The molecule has 1 aliphatic heterocycles. The van der Waals surface area contributed by atoms with Crippen LogP contribution in [0.3, 0.4) is 0 Å². The number of fused-ring (bicyclic) bond motifs is 1. The van der Waals surface area contributed by atoms with Crippen LogP contribution in [0, 0.1) is 5.92 Å². The van der Waals surface area contributed by atoms with Gasteiger partial charge >= 0.3 is 0 Å². The van der Waals surface area contributed by atoms with Gasteiger partial charge in [0.25, 0.3) is 10.0 Å². The maximum Gasteiger partial charge on any atom is 0.268 e. The normalized spacial score (nSPS) is 20.3. The van der Waals surface area contributed by atoms with E-state index in [0.717, 1.165) is 17.4 Å². The van der Waals surface area contributed by atoms with Crippen LogP contribution in [0.4, 0.5) is 0 Å². The summed E-state index contributed by atoms with van der Waals surface area (Å²) in [6.45, 7) is 2.79. The van der Waals surface area contributed by atoms with E-state index in [-0.39, 0.29) is 23.5 Å². The van der Waals surface area contributed by atoms with Crippen molar-refractivity contribution in [3.63, 3.8) is 0 Å². The zero-order valence-electron chi connectivity index (χ0n) is 15.7. The lowest BCUT2D eigenvalue weighted by molar-refractivity contribution is 0.299. The number of hydrogen-bond acceptors (Lipinski definition) is 4. The van der Waals surface area contributed by atoms with E-state index in [2.05, 4.69) is 12.2 Å². The second-order valence-electron chi connectivity index (χ2n) is 7.10. The summed E-state index contributed by atoms with van der Waals surface area (Å²) in [4.78, 5) is 0.256. The quantitative estimate of drug-likeness (QED) is 0.648. The van der Waals surface area contributed by atoms with Crippen molar-refractivity contribution in [3.8, 4) is 0 Å². The van der Waals surface area contributed by atoms with Crippen LogP contribution in [0.1, 0.15) is 25.1 Å². The molecule has 5 nitrogen and oxygen atoms in total. The molecular formula is C22H24N2O3S. The van der Waals surface area contributed by atoms with E-state index in [1.54, 1.807) is 30.3 Å². The van der Waals surface area contributed by atoms with Gasteiger partial charge in [-0.15, -0.1) is 0 Å². The topological polar surface area (TPSA) is 71.3 Å². The van der Waals surface area contributed by atoms with Gasteiger partial charge in [-0.1, -0.05) is 49.4 Å². The molecule has 0 aliphatic carbocycles. The first-order valence-electron chi connectivity index (χ1n) is 9.52. The molecule has 4 rings (SSSR count). The molecule has 0 fully saturated rings. The van der Waals surface area contributed by atoms with E-state index < -0.39 is 10.0 Å². The minimum absolute atomic E-state index is 0.0116. The fourth-order valence-corrected chi connectivity index (χ4v) is 5.50. The zero-order valence-corrected chi connectivity index (χ0v) is 16.6. The van der Waals surface area contributed by atoms with E-state index >= 15 is 0 Å². The number of benzene rings is 2. The Morgan fingerprint density at radius 1 is 1.11 bits per heavy atom. The lowest BCUT2D eigenvalue weighted by Gasteiger charge is -2.29. The number of hydrogen-bond donors (Lipinski definition) is 2. The van der Waals surface area contributed by atoms with Crippen molar-refractivity contribution in [2.45, 2.75) is 24.3 Å². The number of aliphatic hydroxyl groups is 1. The Labute approximate surface area is 165 Å². The fourth-order valence-electron chi connectivity index (χ4n) is 3.92. The lowest BCUT2D eigenvalue weighted by Crippen LogP contribution is -2.34. The summed E-state index contributed by atoms with van der Waals surface area (Å²) in [6.07, 6.45) is 2.90. The van der Waals surface area contributed by atoms with Crippen LogP contribution in [0.25, 0.3) is 10.9 Å². The molecule has 2 heterocycles. The molecule has 2 N–H and O–H groups in total. The molecule has 0 radical (unpaired) electrons. The van der Waals surface area contributed by atoms with E-state index in [9.17, 15) is 13.5 Å². The van der Waals surface area contributed by atoms with Gasteiger partial charge < -0.3 is 10.4 Å². The zero-order chi connectivity index (χ0) is 19.7. The lowest BCUT2D eigenvalue weighted by atomic mass is 9.90. The molecule has 0 unspecified atom stereocenters. The number of aliphatic hydroxyl groups excluding tert-OH is 1. The highest BCUT2D eigenvalue weighted by Gasteiger charge is 2.29. The van der Waals surface area contributed by atoms with Crippen LogP contribution < -0.4 is 5.32 Å². The third-order valence-corrected chi connectivity index (χ3v) is 7.21. The van der Waals surface area contributed by atoms with Gasteiger partial charge in [0.15, 0.2) is 0 Å². The van der Waals surface area contributed by atoms with E-state index in [0.29, 0.717) is 17.8 Å². The third-order valence-electron chi connectivity index (χ3n) is 5.46. The van der Waals surface area contributed by atoms with Crippen LogP contribution in [0.15, 0.2) is 77.2 Å². The summed E-state index contributed by atoms with van der Waals surface area (Å²) >= 11 is 0. The Balaban J connectivity index is 1.93.